The van der Waals surface area contributed by atoms with Crippen molar-refractivity contribution < 1.29 is 14.1 Å². The minimum absolute atomic E-state index is 0.0402. The number of ether oxygens (including phenoxy) is 1. The fourth-order valence-corrected chi connectivity index (χ4v) is 7.94. The molecular weight excluding hydrogens is 420 g/mol. The summed E-state index contributed by atoms with van der Waals surface area (Å²) in [5.74, 6) is 5.65. The molecule has 0 radical (unpaired) electrons. The van der Waals surface area contributed by atoms with Crippen LogP contribution in [0.25, 0.3) is 0 Å². The van der Waals surface area contributed by atoms with Crippen LogP contribution in [0.15, 0.2) is 28.8 Å². The van der Waals surface area contributed by atoms with E-state index in [4.69, 9.17) is 9.26 Å². The van der Waals surface area contributed by atoms with Gasteiger partial charge in [-0.1, -0.05) is 17.3 Å². The average Bonchev–Trinajstić information content (AvgIpc) is 3.08. The summed E-state index contributed by atoms with van der Waals surface area (Å²) in [6, 6.07) is 8.21. The first kappa shape index (κ1) is 21.9. The minimum atomic E-state index is 0.0402. The van der Waals surface area contributed by atoms with Gasteiger partial charge in [0.15, 0.2) is 0 Å². The number of benzene rings is 1. The molecule has 0 aliphatic heterocycles. The molecule has 6 rings (SSSR count). The van der Waals surface area contributed by atoms with Gasteiger partial charge in [0.05, 0.1) is 18.6 Å². The molecular formula is C26H34N2O3S. The number of rotatable bonds is 8. The normalized spacial score (nSPS) is 28.2. The van der Waals surface area contributed by atoms with E-state index in [0.717, 1.165) is 51.8 Å². The van der Waals surface area contributed by atoms with Crippen LogP contribution in [-0.2, 0) is 17.1 Å². The molecule has 1 amide bonds. The quantitative estimate of drug-likeness (QED) is 0.525. The Kier molecular flexibility index (Phi) is 5.99. The Bertz CT molecular complexity index is 930. The predicted molar refractivity (Wildman–Crippen MR) is 127 cm³/mol. The number of nitrogens with zero attached hydrogens (tertiary/aromatic N) is 2. The molecule has 5 nitrogen and oxygen atoms in total. The smallest absolute Gasteiger partial charge is 0.233 e. The van der Waals surface area contributed by atoms with E-state index in [-0.39, 0.29) is 11.4 Å². The van der Waals surface area contributed by atoms with Crippen molar-refractivity contribution in [2.45, 2.75) is 70.2 Å². The molecule has 4 fully saturated rings. The van der Waals surface area contributed by atoms with E-state index in [2.05, 4.69) is 22.2 Å². The molecule has 0 atom stereocenters. The summed E-state index contributed by atoms with van der Waals surface area (Å²) in [7, 11) is 1.70. The van der Waals surface area contributed by atoms with Gasteiger partial charge >= 0.3 is 0 Å². The molecule has 1 aromatic carbocycles. The molecule has 4 saturated carbocycles. The maximum Gasteiger partial charge on any atom is 0.233 e. The Morgan fingerprint density at radius 1 is 1.19 bits per heavy atom. The zero-order valence-electron chi connectivity index (χ0n) is 19.4. The van der Waals surface area contributed by atoms with Gasteiger partial charge in [0.25, 0.3) is 0 Å². The monoisotopic (exact) mass is 454 g/mol. The van der Waals surface area contributed by atoms with E-state index in [9.17, 15) is 4.79 Å². The van der Waals surface area contributed by atoms with E-state index < -0.39 is 0 Å². The van der Waals surface area contributed by atoms with Crippen LogP contribution in [0.1, 0.15) is 61.1 Å². The van der Waals surface area contributed by atoms with E-state index in [1.54, 1.807) is 18.9 Å². The molecule has 172 valence electrons. The van der Waals surface area contributed by atoms with E-state index in [0.29, 0.717) is 12.3 Å². The second-order valence-electron chi connectivity index (χ2n) is 10.3. The fraction of sp³-hybridized carbons (Fsp3) is 0.615. The van der Waals surface area contributed by atoms with Crippen LogP contribution in [-0.4, -0.2) is 34.4 Å². The van der Waals surface area contributed by atoms with Crippen molar-refractivity contribution in [3.63, 3.8) is 0 Å². The van der Waals surface area contributed by atoms with Crippen molar-refractivity contribution in [2.24, 2.45) is 17.8 Å². The van der Waals surface area contributed by atoms with Crippen molar-refractivity contribution in [1.29, 1.82) is 0 Å². The number of methoxy groups -OCH3 is 1. The van der Waals surface area contributed by atoms with Gasteiger partial charge in [-0.3, -0.25) is 4.79 Å². The highest BCUT2D eigenvalue weighted by atomic mass is 32.2. The third-order valence-corrected chi connectivity index (χ3v) is 8.95. The van der Waals surface area contributed by atoms with Crippen LogP contribution in [0.5, 0.6) is 5.75 Å². The molecule has 1 aromatic heterocycles. The molecule has 4 aliphatic rings. The predicted octanol–water partition coefficient (Wildman–Crippen LogP) is 5.53. The number of thioether (sulfide) groups is 1. The lowest BCUT2D eigenvalue weighted by atomic mass is 9.52. The third kappa shape index (κ3) is 4.18. The second-order valence-corrected chi connectivity index (χ2v) is 11.3. The lowest BCUT2D eigenvalue weighted by molar-refractivity contribution is -0.149. The van der Waals surface area contributed by atoms with E-state index in [1.807, 2.05) is 26.0 Å². The highest BCUT2D eigenvalue weighted by molar-refractivity contribution is 7.99. The maximum atomic E-state index is 13.8. The van der Waals surface area contributed by atoms with E-state index >= 15 is 0 Å². The van der Waals surface area contributed by atoms with Crippen LogP contribution in [0.3, 0.4) is 0 Å². The minimum Gasteiger partial charge on any atom is -0.497 e. The number of aromatic nitrogens is 1. The first-order chi connectivity index (χ1) is 15.5. The van der Waals surface area contributed by atoms with E-state index in [1.165, 1.54) is 38.5 Å². The van der Waals surface area contributed by atoms with Crippen LogP contribution < -0.4 is 4.74 Å². The fourth-order valence-electron chi connectivity index (χ4n) is 6.90. The van der Waals surface area contributed by atoms with Gasteiger partial charge in [-0.05, 0) is 87.8 Å². The van der Waals surface area contributed by atoms with Crippen molar-refractivity contribution in [2.75, 3.05) is 12.9 Å². The molecule has 4 bridgehead atoms. The first-order valence-corrected chi connectivity index (χ1v) is 13.0. The first-order valence-electron chi connectivity index (χ1n) is 11.9. The summed E-state index contributed by atoms with van der Waals surface area (Å²) in [6.07, 6.45) is 7.68. The Morgan fingerprint density at radius 2 is 1.88 bits per heavy atom. The molecule has 4 aliphatic carbocycles. The number of hydrogen-bond donors (Lipinski definition) is 0. The summed E-state index contributed by atoms with van der Waals surface area (Å²) in [5, 5.41) is 4.05. The Morgan fingerprint density at radius 3 is 2.47 bits per heavy atom. The summed E-state index contributed by atoms with van der Waals surface area (Å²) >= 11 is 1.68. The molecule has 0 unspecified atom stereocenters. The number of hydrogen-bond acceptors (Lipinski definition) is 5. The van der Waals surface area contributed by atoms with Crippen LogP contribution in [0, 0.1) is 31.6 Å². The topological polar surface area (TPSA) is 55.6 Å². The Labute approximate surface area is 195 Å². The SMILES string of the molecule is COc1cccc(CN(C(=O)CSCc2c(C)noc2C)C23CC4CC(CC(C4)C2)C3)c1. The highest BCUT2D eigenvalue weighted by Gasteiger charge is 2.54. The Balaban J connectivity index is 1.36. The van der Waals surface area contributed by atoms with Crippen molar-refractivity contribution in [3.8, 4) is 5.75 Å². The lowest BCUT2D eigenvalue weighted by Gasteiger charge is -2.60. The van der Waals surface area contributed by atoms with Crippen LogP contribution >= 0.6 is 11.8 Å². The standard InChI is InChI=1S/C26H34N2O3S/c1-17-24(18(2)31-27-17)15-32-16-25(29)28(14-19-5-4-6-23(10-19)30-3)26-11-20-7-21(12-26)9-22(8-20)13-26/h4-6,10,20-22H,7-9,11-16H2,1-3H3. The molecule has 1 heterocycles. The molecule has 0 N–H and O–H groups in total. The van der Waals surface area contributed by atoms with Gasteiger partial charge in [0.2, 0.25) is 5.91 Å². The molecule has 32 heavy (non-hydrogen) atoms. The maximum absolute atomic E-state index is 13.8. The molecule has 0 spiro atoms. The average molecular weight is 455 g/mol. The largest absolute Gasteiger partial charge is 0.497 e. The van der Waals surface area contributed by atoms with Gasteiger partial charge in [-0.15, -0.1) is 11.8 Å². The molecule has 2 aromatic rings. The number of aryl methyl sites for hydroxylation is 2. The Hall–Kier alpha value is -1.95. The second kappa shape index (κ2) is 8.77. The number of amides is 1. The van der Waals surface area contributed by atoms with Crippen molar-refractivity contribution in [3.05, 3.63) is 46.8 Å². The lowest BCUT2D eigenvalue weighted by Crippen LogP contribution is -2.61. The van der Waals surface area contributed by atoms with Crippen molar-refractivity contribution >= 4 is 17.7 Å². The third-order valence-electron chi connectivity index (χ3n) is 8.01. The number of carbonyl (C=O) groups excluding carboxylic acids is 1. The van der Waals surface area contributed by atoms with Gasteiger partial charge < -0.3 is 14.2 Å². The zero-order chi connectivity index (χ0) is 22.3. The summed E-state index contributed by atoms with van der Waals surface area (Å²) in [5.41, 5.74) is 3.25. The van der Waals surface area contributed by atoms with Gasteiger partial charge in [-0.25, -0.2) is 0 Å². The van der Waals surface area contributed by atoms with Gasteiger partial charge in [-0.2, -0.15) is 0 Å². The molecule has 0 saturated heterocycles. The zero-order valence-corrected chi connectivity index (χ0v) is 20.2. The van der Waals surface area contributed by atoms with Crippen LogP contribution in [0.2, 0.25) is 0 Å². The number of carbonyl (C=O) groups is 1. The van der Waals surface area contributed by atoms with Gasteiger partial charge in [0.1, 0.15) is 11.5 Å². The van der Waals surface area contributed by atoms with Crippen LogP contribution in [0.4, 0.5) is 0 Å². The summed E-state index contributed by atoms with van der Waals surface area (Å²) in [4.78, 5) is 16.0. The van der Waals surface area contributed by atoms with Crippen molar-refractivity contribution in [1.82, 2.24) is 10.1 Å². The van der Waals surface area contributed by atoms with Gasteiger partial charge in [0, 0.05) is 23.4 Å². The molecule has 6 heteroatoms. The highest BCUT2D eigenvalue weighted by Crippen LogP contribution is 2.58. The summed E-state index contributed by atoms with van der Waals surface area (Å²) < 4.78 is 10.7. The summed E-state index contributed by atoms with van der Waals surface area (Å²) in [6.45, 7) is 4.59.